The van der Waals surface area contributed by atoms with E-state index in [0.717, 1.165) is 12.1 Å². The number of ether oxygens (including phenoxy) is 2. The van der Waals surface area contributed by atoms with Crippen LogP contribution in [-0.2, 0) is 21.8 Å². The highest BCUT2D eigenvalue weighted by Crippen LogP contribution is 2.34. The van der Waals surface area contributed by atoms with Crippen molar-refractivity contribution in [1.82, 2.24) is 14.2 Å². The zero-order valence-electron chi connectivity index (χ0n) is 17.8. The van der Waals surface area contributed by atoms with E-state index in [-0.39, 0.29) is 54.2 Å². The molecular weight excluding hydrogens is 462 g/mol. The molecule has 0 unspecified atom stereocenters. The number of fused-ring (bicyclic) bond motifs is 2. The van der Waals surface area contributed by atoms with E-state index in [9.17, 15) is 26.8 Å². The van der Waals surface area contributed by atoms with E-state index in [1.165, 1.54) is 28.8 Å². The number of nitrogens with one attached hydrogen (secondary N) is 2. The third-order valence-corrected chi connectivity index (χ3v) is 6.98. The van der Waals surface area contributed by atoms with Gasteiger partial charge in [0.05, 0.1) is 13.2 Å². The number of sulfonamides is 1. The summed E-state index contributed by atoms with van der Waals surface area (Å²) in [6.07, 6.45) is 0.685. The third-order valence-electron chi connectivity index (χ3n) is 5.50. The Bertz CT molecular complexity index is 1220. The maximum Gasteiger partial charge on any atom is 0.409 e. The normalized spacial score (nSPS) is 21.3. The molecule has 0 saturated carbocycles. The largest absolute Gasteiger partial charge is 0.489 e. The second-order valence-corrected chi connectivity index (χ2v) is 9.45. The Hall–Kier alpha value is -3.19. The first kappa shape index (κ1) is 23.0. The lowest BCUT2D eigenvalue weighted by molar-refractivity contribution is 0.101. The van der Waals surface area contributed by atoms with Gasteiger partial charge in [0.2, 0.25) is 10.0 Å². The van der Waals surface area contributed by atoms with Gasteiger partial charge in [0.15, 0.2) is 23.1 Å². The lowest BCUT2D eigenvalue weighted by Gasteiger charge is -2.23. The molecule has 2 aliphatic heterocycles. The number of benzene rings is 1. The number of hydrogen-bond acceptors (Lipinski definition) is 6. The minimum atomic E-state index is -4.10. The summed E-state index contributed by atoms with van der Waals surface area (Å²) in [5, 5.41) is 2.42. The SMILES string of the molecule is CCOC(=O)N1C[C@H]2COc3c(cn(C)c3C(=O)Nc3ccc(F)c(F)c3)S(=O)(=O)N[C@H]2C1. The molecule has 0 spiro atoms. The first-order valence-corrected chi connectivity index (χ1v) is 11.6. The molecular formula is C20H22F2N4O6S. The number of nitrogens with zero attached hydrogens (tertiary/aromatic N) is 2. The third kappa shape index (κ3) is 4.37. The number of aryl methyl sites for hydroxylation is 1. The fraction of sp³-hybridized carbons (Fsp3) is 0.400. The van der Waals surface area contributed by atoms with Gasteiger partial charge in [0, 0.05) is 50.0 Å². The molecule has 2 amide bonds. The van der Waals surface area contributed by atoms with Crippen LogP contribution in [0.1, 0.15) is 17.4 Å². The Morgan fingerprint density at radius 3 is 2.73 bits per heavy atom. The average molecular weight is 484 g/mol. The molecule has 10 nitrogen and oxygen atoms in total. The standard InChI is InChI=1S/C20H22F2N4O6S/c1-3-31-20(28)26-7-11-10-32-18-16(33(29,30)24-15(11)8-26)9-25(2)17(18)19(27)23-12-4-5-13(21)14(22)6-12/h4-6,9,11,15,24H,3,7-8,10H2,1-2H3,(H,23,27)/t11-,15-/m0/s1. The molecule has 2 atom stereocenters. The Balaban J connectivity index is 1.62. The summed E-state index contributed by atoms with van der Waals surface area (Å²) in [4.78, 5) is 26.1. The molecule has 1 aromatic carbocycles. The fourth-order valence-corrected chi connectivity index (χ4v) is 5.41. The first-order chi connectivity index (χ1) is 15.6. The lowest BCUT2D eigenvalue weighted by atomic mass is 10.1. The molecule has 2 N–H and O–H groups in total. The molecule has 1 aromatic heterocycles. The van der Waals surface area contributed by atoms with Crippen molar-refractivity contribution in [1.29, 1.82) is 0 Å². The van der Waals surface area contributed by atoms with Gasteiger partial charge in [0.1, 0.15) is 4.90 Å². The molecule has 3 heterocycles. The minimum absolute atomic E-state index is 0.0124. The summed E-state index contributed by atoms with van der Waals surface area (Å²) in [5.41, 5.74) is -0.125. The first-order valence-electron chi connectivity index (χ1n) is 10.1. The van der Waals surface area contributed by atoms with Crippen molar-refractivity contribution in [2.75, 3.05) is 31.6 Å². The van der Waals surface area contributed by atoms with Crippen LogP contribution in [0, 0.1) is 17.6 Å². The highest BCUT2D eigenvalue weighted by Gasteiger charge is 2.42. The number of anilines is 1. The van der Waals surface area contributed by atoms with E-state index in [0.29, 0.717) is 0 Å². The number of hydrogen-bond donors (Lipinski definition) is 2. The molecule has 33 heavy (non-hydrogen) atoms. The van der Waals surface area contributed by atoms with Crippen LogP contribution >= 0.6 is 0 Å². The number of carbonyl (C=O) groups is 2. The zero-order chi connectivity index (χ0) is 23.9. The number of halogens is 2. The summed E-state index contributed by atoms with van der Waals surface area (Å²) in [6, 6.07) is 2.26. The number of aromatic nitrogens is 1. The summed E-state index contributed by atoms with van der Waals surface area (Å²) in [7, 11) is -2.64. The van der Waals surface area contributed by atoms with Crippen molar-refractivity contribution in [2.24, 2.45) is 13.0 Å². The average Bonchev–Trinajstić information content (AvgIpc) is 3.29. The molecule has 1 saturated heterocycles. The van der Waals surface area contributed by atoms with Gasteiger partial charge in [-0.3, -0.25) is 4.79 Å². The lowest BCUT2D eigenvalue weighted by Crippen LogP contribution is -2.43. The van der Waals surface area contributed by atoms with E-state index < -0.39 is 39.7 Å². The maximum absolute atomic E-state index is 13.5. The number of rotatable bonds is 3. The maximum atomic E-state index is 13.5. The summed E-state index contributed by atoms with van der Waals surface area (Å²) < 4.78 is 67.5. The number of amides is 2. The molecule has 2 aromatic rings. The molecule has 0 radical (unpaired) electrons. The minimum Gasteiger partial charge on any atom is -0.489 e. The predicted octanol–water partition coefficient (Wildman–Crippen LogP) is 1.68. The molecule has 2 aliphatic rings. The number of likely N-dealkylation sites (tertiary alicyclic amines) is 1. The van der Waals surface area contributed by atoms with E-state index in [4.69, 9.17) is 9.47 Å². The summed E-state index contributed by atoms with van der Waals surface area (Å²) >= 11 is 0. The van der Waals surface area contributed by atoms with Crippen LogP contribution < -0.4 is 14.8 Å². The summed E-state index contributed by atoms with van der Waals surface area (Å²) in [5.74, 6) is -3.52. The van der Waals surface area contributed by atoms with Gasteiger partial charge in [-0.25, -0.2) is 26.7 Å². The Labute approximate surface area is 188 Å². The molecule has 0 aliphatic carbocycles. The van der Waals surface area contributed by atoms with Crippen LogP contribution in [0.2, 0.25) is 0 Å². The van der Waals surface area contributed by atoms with Gasteiger partial charge in [-0.05, 0) is 19.1 Å². The van der Waals surface area contributed by atoms with Crippen molar-refractivity contribution < 1.29 is 36.3 Å². The Morgan fingerprint density at radius 2 is 2.03 bits per heavy atom. The fourth-order valence-electron chi connectivity index (χ4n) is 3.92. The van der Waals surface area contributed by atoms with Gasteiger partial charge in [-0.1, -0.05) is 0 Å². The van der Waals surface area contributed by atoms with Crippen molar-refractivity contribution in [3.05, 3.63) is 41.7 Å². The highest BCUT2D eigenvalue weighted by molar-refractivity contribution is 7.89. The molecule has 1 fully saturated rings. The van der Waals surface area contributed by atoms with E-state index >= 15 is 0 Å². The van der Waals surface area contributed by atoms with Gasteiger partial charge in [-0.2, -0.15) is 0 Å². The molecule has 4 rings (SSSR count). The van der Waals surface area contributed by atoms with Gasteiger partial charge >= 0.3 is 6.09 Å². The molecule has 13 heteroatoms. The summed E-state index contributed by atoms with van der Waals surface area (Å²) in [6.45, 7) is 2.23. The van der Waals surface area contributed by atoms with Gasteiger partial charge in [0.25, 0.3) is 5.91 Å². The van der Waals surface area contributed by atoms with Crippen LogP contribution in [0.4, 0.5) is 19.3 Å². The van der Waals surface area contributed by atoms with Crippen molar-refractivity contribution >= 4 is 27.7 Å². The van der Waals surface area contributed by atoms with Crippen molar-refractivity contribution in [3.8, 4) is 5.75 Å². The molecule has 178 valence electrons. The van der Waals surface area contributed by atoms with Crippen LogP contribution in [0.5, 0.6) is 5.75 Å². The smallest absolute Gasteiger partial charge is 0.409 e. The quantitative estimate of drug-likeness (QED) is 0.684. The Kier molecular flexibility index (Phi) is 6.01. The number of carbonyl (C=O) groups excluding carboxylic acids is 2. The van der Waals surface area contributed by atoms with Crippen LogP contribution in [0.15, 0.2) is 29.3 Å². The van der Waals surface area contributed by atoms with E-state index in [1.54, 1.807) is 6.92 Å². The van der Waals surface area contributed by atoms with Crippen LogP contribution in [0.3, 0.4) is 0 Å². The second kappa shape index (κ2) is 8.63. The highest BCUT2D eigenvalue weighted by atomic mass is 32.2. The van der Waals surface area contributed by atoms with Crippen molar-refractivity contribution in [3.63, 3.8) is 0 Å². The predicted molar refractivity (Wildman–Crippen MR) is 111 cm³/mol. The molecule has 0 bridgehead atoms. The van der Waals surface area contributed by atoms with E-state index in [2.05, 4.69) is 10.0 Å². The monoisotopic (exact) mass is 484 g/mol. The van der Waals surface area contributed by atoms with Crippen molar-refractivity contribution in [2.45, 2.75) is 17.9 Å². The topological polar surface area (TPSA) is 119 Å². The second-order valence-electron chi connectivity index (χ2n) is 7.77. The van der Waals surface area contributed by atoms with Crippen LogP contribution in [-0.4, -0.2) is 62.2 Å². The van der Waals surface area contributed by atoms with Crippen LogP contribution in [0.25, 0.3) is 0 Å². The van der Waals surface area contributed by atoms with E-state index in [1.807, 2.05) is 0 Å². The van der Waals surface area contributed by atoms with Gasteiger partial charge < -0.3 is 24.3 Å². The van der Waals surface area contributed by atoms with Gasteiger partial charge in [-0.15, -0.1) is 0 Å². The Morgan fingerprint density at radius 1 is 1.27 bits per heavy atom. The zero-order valence-corrected chi connectivity index (χ0v) is 18.6.